The van der Waals surface area contributed by atoms with Gasteiger partial charge in [0.1, 0.15) is 11.5 Å². The molecule has 0 aromatic carbocycles. The number of hydrogen-bond acceptors (Lipinski definition) is 5. The predicted molar refractivity (Wildman–Crippen MR) is 99.0 cm³/mol. The lowest BCUT2D eigenvalue weighted by Crippen LogP contribution is -2.23. The SMILES string of the molecule is CCCn1c(Oc2cccc(C(F)(F)F)n2)nc2nc(C3CCCC3)[nH]c2c1=O. The van der Waals surface area contributed by atoms with Gasteiger partial charge in [0, 0.05) is 18.5 Å². The van der Waals surface area contributed by atoms with Gasteiger partial charge in [0.15, 0.2) is 11.2 Å². The van der Waals surface area contributed by atoms with Crippen molar-refractivity contribution in [1.29, 1.82) is 0 Å². The van der Waals surface area contributed by atoms with E-state index in [2.05, 4.69) is 19.9 Å². The highest BCUT2D eigenvalue weighted by Gasteiger charge is 2.33. The number of imidazole rings is 1. The van der Waals surface area contributed by atoms with Gasteiger partial charge in [0.25, 0.3) is 5.56 Å². The van der Waals surface area contributed by atoms with Crippen LogP contribution >= 0.6 is 0 Å². The summed E-state index contributed by atoms with van der Waals surface area (Å²) in [6, 6.07) is 3.21. The molecular formula is C19H20F3N5O2. The van der Waals surface area contributed by atoms with Crippen LogP contribution < -0.4 is 10.3 Å². The first-order valence-electron chi connectivity index (χ1n) is 9.59. The van der Waals surface area contributed by atoms with Crippen LogP contribution in [0.3, 0.4) is 0 Å². The molecule has 1 aliphatic carbocycles. The number of fused-ring (bicyclic) bond motifs is 1. The van der Waals surface area contributed by atoms with Crippen molar-refractivity contribution in [2.45, 2.75) is 57.7 Å². The third kappa shape index (κ3) is 3.83. The lowest BCUT2D eigenvalue weighted by molar-refractivity contribution is -0.141. The van der Waals surface area contributed by atoms with Crippen LogP contribution in [0.1, 0.15) is 56.5 Å². The van der Waals surface area contributed by atoms with Gasteiger partial charge in [-0.1, -0.05) is 25.8 Å². The fourth-order valence-electron chi connectivity index (χ4n) is 3.60. The van der Waals surface area contributed by atoms with Gasteiger partial charge in [-0.05, 0) is 25.3 Å². The van der Waals surface area contributed by atoms with E-state index in [1.165, 1.54) is 16.7 Å². The summed E-state index contributed by atoms with van der Waals surface area (Å²) in [7, 11) is 0. The minimum Gasteiger partial charge on any atom is -0.406 e. The van der Waals surface area contributed by atoms with Crippen molar-refractivity contribution in [3.05, 3.63) is 40.1 Å². The number of nitrogens with one attached hydrogen (secondary N) is 1. The van der Waals surface area contributed by atoms with Gasteiger partial charge in [-0.2, -0.15) is 18.2 Å². The molecule has 4 rings (SSSR count). The Balaban J connectivity index is 1.76. The monoisotopic (exact) mass is 407 g/mol. The van der Waals surface area contributed by atoms with Gasteiger partial charge < -0.3 is 9.72 Å². The van der Waals surface area contributed by atoms with E-state index >= 15 is 0 Å². The number of alkyl halides is 3. The van der Waals surface area contributed by atoms with Crippen LogP contribution in [0.15, 0.2) is 23.0 Å². The minimum absolute atomic E-state index is 0.124. The summed E-state index contributed by atoms with van der Waals surface area (Å²) in [5, 5.41) is 0. The van der Waals surface area contributed by atoms with E-state index in [0.717, 1.165) is 37.6 Å². The third-order valence-electron chi connectivity index (χ3n) is 4.99. The third-order valence-corrected chi connectivity index (χ3v) is 4.99. The molecule has 1 fully saturated rings. The summed E-state index contributed by atoms with van der Waals surface area (Å²) in [5.74, 6) is 0.694. The van der Waals surface area contributed by atoms with Crippen LogP contribution in [0.2, 0.25) is 0 Å². The summed E-state index contributed by atoms with van der Waals surface area (Å²) in [4.78, 5) is 28.3. The average Bonchev–Trinajstić information content (AvgIpc) is 3.34. The number of rotatable bonds is 5. The summed E-state index contributed by atoms with van der Waals surface area (Å²) in [5.41, 5.74) is -0.963. The van der Waals surface area contributed by atoms with E-state index in [1.807, 2.05) is 6.92 Å². The highest BCUT2D eigenvalue weighted by atomic mass is 19.4. The van der Waals surface area contributed by atoms with E-state index in [0.29, 0.717) is 13.0 Å². The summed E-state index contributed by atoms with van der Waals surface area (Å²) >= 11 is 0. The maximum Gasteiger partial charge on any atom is 0.433 e. The quantitative estimate of drug-likeness (QED) is 0.678. The second-order valence-corrected chi connectivity index (χ2v) is 7.11. The number of ether oxygens (including phenoxy) is 1. The van der Waals surface area contributed by atoms with Crippen LogP contribution in [0, 0.1) is 0 Å². The number of aromatic amines is 1. The molecule has 0 radical (unpaired) electrons. The number of halogens is 3. The molecule has 0 bridgehead atoms. The van der Waals surface area contributed by atoms with Gasteiger partial charge in [-0.3, -0.25) is 9.36 Å². The number of hydrogen-bond donors (Lipinski definition) is 1. The molecule has 0 spiro atoms. The first-order chi connectivity index (χ1) is 13.9. The molecule has 0 unspecified atom stereocenters. The Bertz CT molecular complexity index is 1080. The normalized spacial score (nSPS) is 15.3. The van der Waals surface area contributed by atoms with E-state index in [9.17, 15) is 18.0 Å². The molecule has 0 aliphatic heterocycles. The molecule has 1 N–H and O–H groups in total. The Kier molecular flexibility index (Phi) is 5.01. The largest absolute Gasteiger partial charge is 0.433 e. The second kappa shape index (κ2) is 7.49. The highest BCUT2D eigenvalue weighted by Crippen LogP contribution is 2.33. The maximum absolute atomic E-state index is 13.0. The smallest absolute Gasteiger partial charge is 0.406 e. The minimum atomic E-state index is -4.60. The zero-order valence-corrected chi connectivity index (χ0v) is 15.8. The molecule has 0 saturated heterocycles. The van der Waals surface area contributed by atoms with Crippen LogP contribution in [0.5, 0.6) is 11.9 Å². The van der Waals surface area contributed by atoms with Gasteiger partial charge in [-0.15, -0.1) is 0 Å². The molecule has 3 heterocycles. The van der Waals surface area contributed by atoms with Gasteiger partial charge in [-0.25, -0.2) is 9.97 Å². The Morgan fingerprint density at radius 2 is 1.97 bits per heavy atom. The molecule has 154 valence electrons. The van der Waals surface area contributed by atoms with Crippen LogP contribution in [-0.2, 0) is 12.7 Å². The van der Waals surface area contributed by atoms with E-state index in [1.54, 1.807) is 0 Å². The van der Waals surface area contributed by atoms with Crippen molar-refractivity contribution in [1.82, 2.24) is 24.5 Å². The number of nitrogens with zero attached hydrogens (tertiary/aromatic N) is 4. The topological polar surface area (TPSA) is 85.7 Å². The number of aromatic nitrogens is 5. The van der Waals surface area contributed by atoms with Crippen molar-refractivity contribution in [2.24, 2.45) is 0 Å². The van der Waals surface area contributed by atoms with Crippen LogP contribution in [-0.4, -0.2) is 24.5 Å². The lowest BCUT2D eigenvalue weighted by Gasteiger charge is -2.12. The van der Waals surface area contributed by atoms with Gasteiger partial charge in [0.05, 0.1) is 0 Å². The molecule has 0 amide bonds. The standard InChI is InChI=1S/C19H20F3N5O2/c1-2-10-27-17(28)14-16(25-15(24-14)11-6-3-4-7-11)26-18(27)29-13-9-5-8-12(23-13)19(20,21)22/h5,8-9,11H,2-4,6-7,10H2,1H3,(H,24,25). The van der Waals surface area contributed by atoms with E-state index in [-0.39, 0.29) is 34.5 Å². The number of pyridine rings is 1. The van der Waals surface area contributed by atoms with Crippen molar-refractivity contribution >= 4 is 11.2 Å². The molecule has 7 nitrogen and oxygen atoms in total. The maximum atomic E-state index is 13.0. The Labute approximate surface area is 164 Å². The fourth-order valence-corrected chi connectivity index (χ4v) is 3.60. The Morgan fingerprint density at radius 3 is 2.66 bits per heavy atom. The first kappa shape index (κ1) is 19.4. The predicted octanol–water partition coefficient (Wildman–Crippen LogP) is 4.39. The summed E-state index contributed by atoms with van der Waals surface area (Å²) in [6.45, 7) is 2.17. The van der Waals surface area contributed by atoms with Gasteiger partial charge in [0.2, 0.25) is 5.88 Å². The summed E-state index contributed by atoms with van der Waals surface area (Å²) in [6.07, 6.45) is 0.248. The zero-order chi connectivity index (χ0) is 20.6. The van der Waals surface area contributed by atoms with Crippen LogP contribution in [0.4, 0.5) is 13.2 Å². The Hall–Kier alpha value is -2.91. The zero-order valence-electron chi connectivity index (χ0n) is 15.8. The van der Waals surface area contributed by atoms with Crippen molar-refractivity contribution in [3.8, 4) is 11.9 Å². The molecule has 1 saturated carbocycles. The molecule has 29 heavy (non-hydrogen) atoms. The molecule has 3 aromatic rings. The van der Waals surface area contributed by atoms with Crippen molar-refractivity contribution < 1.29 is 17.9 Å². The highest BCUT2D eigenvalue weighted by molar-refractivity contribution is 5.70. The Morgan fingerprint density at radius 1 is 1.21 bits per heavy atom. The lowest BCUT2D eigenvalue weighted by atomic mass is 10.1. The van der Waals surface area contributed by atoms with E-state index in [4.69, 9.17) is 4.74 Å². The van der Waals surface area contributed by atoms with Gasteiger partial charge >= 0.3 is 12.2 Å². The fraction of sp³-hybridized carbons (Fsp3) is 0.474. The van der Waals surface area contributed by atoms with Crippen molar-refractivity contribution in [2.75, 3.05) is 0 Å². The molecule has 1 aliphatic rings. The number of H-pyrrole nitrogens is 1. The second-order valence-electron chi connectivity index (χ2n) is 7.11. The van der Waals surface area contributed by atoms with Crippen LogP contribution in [0.25, 0.3) is 11.2 Å². The molecule has 0 atom stereocenters. The average molecular weight is 407 g/mol. The molecule has 3 aromatic heterocycles. The van der Waals surface area contributed by atoms with Crippen molar-refractivity contribution in [3.63, 3.8) is 0 Å². The molecular weight excluding hydrogens is 387 g/mol. The molecule has 10 heteroatoms. The van der Waals surface area contributed by atoms with E-state index < -0.39 is 11.9 Å². The first-order valence-corrected chi connectivity index (χ1v) is 9.59. The summed E-state index contributed by atoms with van der Waals surface area (Å²) < 4.78 is 45.6.